The molecule has 174 valence electrons. The third kappa shape index (κ3) is 3.88. The van der Waals surface area contributed by atoms with Crippen LogP contribution in [0.15, 0.2) is 72.8 Å². The predicted octanol–water partition coefficient (Wildman–Crippen LogP) is 4.52. The van der Waals surface area contributed by atoms with Crippen LogP contribution in [-0.2, 0) is 13.0 Å². The van der Waals surface area contributed by atoms with Gasteiger partial charge in [0.2, 0.25) is 6.79 Å². The lowest BCUT2D eigenvalue weighted by atomic mass is 9.89. The van der Waals surface area contributed by atoms with Gasteiger partial charge in [0, 0.05) is 44.7 Å². The summed E-state index contributed by atoms with van der Waals surface area (Å²) < 4.78 is 11.0. The van der Waals surface area contributed by atoms with Gasteiger partial charge in [0.15, 0.2) is 11.5 Å². The van der Waals surface area contributed by atoms with Crippen molar-refractivity contribution in [3.63, 3.8) is 0 Å². The molecule has 1 amide bonds. The summed E-state index contributed by atoms with van der Waals surface area (Å²) in [6.07, 6.45) is 2.81. The Morgan fingerprint density at radius 2 is 1.62 bits per heavy atom. The highest BCUT2D eigenvalue weighted by Gasteiger charge is 2.46. The standard InChI is InChI=1S/C28H29N3O3/c32-27-23-8-4-5-9-24(23)29-28(31(27)19-22-10-11-25-26(18-22)34-20-33-25)13-16-30(17-14-28)15-12-21-6-2-1-3-7-21/h1-11,18,29H,12-17,19-20H2. The fraction of sp³-hybridized carbons (Fsp3) is 0.321. The van der Waals surface area contributed by atoms with E-state index in [1.807, 2.05) is 47.4 Å². The molecule has 6 heteroatoms. The second-order valence-electron chi connectivity index (χ2n) is 9.36. The third-order valence-corrected chi connectivity index (χ3v) is 7.31. The van der Waals surface area contributed by atoms with E-state index in [9.17, 15) is 4.79 Å². The molecule has 0 radical (unpaired) electrons. The highest BCUT2D eigenvalue weighted by molar-refractivity contribution is 6.02. The van der Waals surface area contributed by atoms with Crippen LogP contribution >= 0.6 is 0 Å². The largest absolute Gasteiger partial charge is 0.454 e. The molecule has 1 fully saturated rings. The molecule has 1 saturated heterocycles. The van der Waals surface area contributed by atoms with Crippen LogP contribution in [0.5, 0.6) is 11.5 Å². The van der Waals surface area contributed by atoms with Crippen LogP contribution in [0.2, 0.25) is 0 Å². The Morgan fingerprint density at radius 1 is 0.853 bits per heavy atom. The van der Waals surface area contributed by atoms with E-state index in [4.69, 9.17) is 9.47 Å². The van der Waals surface area contributed by atoms with Crippen molar-refractivity contribution in [1.29, 1.82) is 0 Å². The quantitative estimate of drug-likeness (QED) is 0.613. The Kier molecular flexibility index (Phi) is 5.38. The predicted molar refractivity (Wildman–Crippen MR) is 131 cm³/mol. The Balaban J connectivity index is 1.23. The topological polar surface area (TPSA) is 54.0 Å². The summed E-state index contributed by atoms with van der Waals surface area (Å²) in [6, 6.07) is 24.5. The fourth-order valence-electron chi connectivity index (χ4n) is 5.35. The lowest BCUT2D eigenvalue weighted by molar-refractivity contribution is 0.0236. The number of hydrogen-bond donors (Lipinski definition) is 1. The van der Waals surface area contributed by atoms with Gasteiger partial charge < -0.3 is 24.6 Å². The number of nitrogens with one attached hydrogen (secondary N) is 1. The number of fused-ring (bicyclic) bond motifs is 2. The SMILES string of the molecule is O=C1c2ccccc2NC2(CCN(CCc3ccccc3)CC2)N1Cc1ccc2c(c1)OCO2. The number of likely N-dealkylation sites (tertiary alicyclic amines) is 1. The molecule has 0 aromatic heterocycles. The lowest BCUT2D eigenvalue weighted by Crippen LogP contribution is -2.63. The summed E-state index contributed by atoms with van der Waals surface area (Å²) in [6.45, 7) is 3.71. The molecule has 3 aromatic carbocycles. The van der Waals surface area contributed by atoms with Gasteiger partial charge in [-0.25, -0.2) is 0 Å². The van der Waals surface area contributed by atoms with E-state index in [1.165, 1.54) is 5.56 Å². The monoisotopic (exact) mass is 455 g/mol. The van der Waals surface area contributed by atoms with Gasteiger partial charge in [-0.15, -0.1) is 0 Å². The number of rotatable bonds is 5. The third-order valence-electron chi connectivity index (χ3n) is 7.31. The zero-order valence-corrected chi connectivity index (χ0v) is 19.2. The van der Waals surface area contributed by atoms with Gasteiger partial charge in [0.05, 0.1) is 5.56 Å². The first kappa shape index (κ1) is 21.1. The first-order chi connectivity index (χ1) is 16.7. The normalized spacial score (nSPS) is 18.6. The zero-order chi connectivity index (χ0) is 23.0. The van der Waals surface area contributed by atoms with Gasteiger partial charge >= 0.3 is 0 Å². The van der Waals surface area contributed by atoms with Gasteiger partial charge in [-0.3, -0.25) is 4.79 Å². The van der Waals surface area contributed by atoms with Crippen molar-refractivity contribution in [3.8, 4) is 11.5 Å². The molecule has 3 heterocycles. The van der Waals surface area contributed by atoms with Crippen molar-refractivity contribution in [2.24, 2.45) is 0 Å². The van der Waals surface area contributed by atoms with Crippen LogP contribution in [0, 0.1) is 0 Å². The molecular weight excluding hydrogens is 426 g/mol. The van der Waals surface area contributed by atoms with Crippen molar-refractivity contribution in [2.45, 2.75) is 31.5 Å². The Bertz CT molecular complexity index is 1190. The summed E-state index contributed by atoms with van der Waals surface area (Å²) in [7, 11) is 0. The van der Waals surface area contributed by atoms with Gasteiger partial charge in [-0.2, -0.15) is 0 Å². The van der Waals surface area contributed by atoms with Crippen LogP contribution in [0.25, 0.3) is 0 Å². The molecule has 0 aliphatic carbocycles. The van der Waals surface area contributed by atoms with E-state index < -0.39 is 5.66 Å². The van der Waals surface area contributed by atoms with E-state index in [-0.39, 0.29) is 12.7 Å². The highest BCUT2D eigenvalue weighted by Crippen LogP contribution is 2.40. The molecule has 6 rings (SSSR count). The molecule has 34 heavy (non-hydrogen) atoms. The Hall–Kier alpha value is -3.51. The average molecular weight is 456 g/mol. The second kappa shape index (κ2) is 8.69. The van der Waals surface area contributed by atoms with E-state index in [1.54, 1.807) is 0 Å². The number of carbonyl (C=O) groups excluding carboxylic acids is 1. The van der Waals surface area contributed by atoms with Crippen LogP contribution in [0.3, 0.4) is 0 Å². The maximum atomic E-state index is 13.7. The average Bonchev–Trinajstić information content (AvgIpc) is 3.35. The molecular formula is C28H29N3O3. The maximum Gasteiger partial charge on any atom is 0.258 e. The fourth-order valence-corrected chi connectivity index (χ4v) is 5.35. The number of anilines is 1. The molecule has 1 N–H and O–H groups in total. The molecule has 0 bridgehead atoms. The van der Waals surface area contributed by atoms with E-state index in [2.05, 4.69) is 40.5 Å². The van der Waals surface area contributed by atoms with Gasteiger partial charge in [0.25, 0.3) is 5.91 Å². The first-order valence-electron chi connectivity index (χ1n) is 12.0. The van der Waals surface area contributed by atoms with Crippen molar-refractivity contribution < 1.29 is 14.3 Å². The van der Waals surface area contributed by atoms with Crippen molar-refractivity contribution >= 4 is 11.6 Å². The minimum atomic E-state index is -0.398. The molecule has 0 atom stereocenters. The number of hydrogen-bond acceptors (Lipinski definition) is 5. The van der Waals surface area contributed by atoms with Crippen LogP contribution < -0.4 is 14.8 Å². The lowest BCUT2D eigenvalue weighted by Gasteiger charge is -2.52. The van der Waals surface area contributed by atoms with Crippen LogP contribution in [0.1, 0.15) is 34.3 Å². The number of nitrogens with zero attached hydrogens (tertiary/aromatic N) is 2. The number of benzene rings is 3. The first-order valence-corrected chi connectivity index (χ1v) is 12.0. The van der Waals surface area contributed by atoms with Crippen LogP contribution in [-0.4, -0.2) is 47.8 Å². The van der Waals surface area contributed by atoms with Crippen molar-refractivity contribution in [2.75, 3.05) is 31.7 Å². The van der Waals surface area contributed by atoms with Gasteiger partial charge in [-0.1, -0.05) is 48.5 Å². The highest BCUT2D eigenvalue weighted by atomic mass is 16.7. The molecule has 3 aromatic rings. The van der Waals surface area contributed by atoms with Crippen molar-refractivity contribution in [1.82, 2.24) is 9.80 Å². The van der Waals surface area contributed by atoms with E-state index in [0.29, 0.717) is 6.54 Å². The molecule has 3 aliphatic heterocycles. The smallest absolute Gasteiger partial charge is 0.258 e. The Morgan fingerprint density at radius 3 is 2.47 bits per heavy atom. The molecule has 3 aliphatic rings. The van der Waals surface area contributed by atoms with Crippen LogP contribution in [0.4, 0.5) is 5.69 Å². The Labute approximate surface area is 200 Å². The number of para-hydroxylation sites is 1. The van der Waals surface area contributed by atoms with Gasteiger partial charge in [-0.05, 0) is 41.8 Å². The zero-order valence-electron chi connectivity index (χ0n) is 19.2. The maximum absolute atomic E-state index is 13.7. The van der Waals surface area contributed by atoms with E-state index in [0.717, 1.165) is 67.2 Å². The summed E-state index contributed by atoms with van der Waals surface area (Å²) in [5.74, 6) is 1.60. The molecule has 0 saturated carbocycles. The van der Waals surface area contributed by atoms with Gasteiger partial charge in [0.1, 0.15) is 5.66 Å². The number of amides is 1. The van der Waals surface area contributed by atoms with E-state index >= 15 is 0 Å². The molecule has 0 unspecified atom stereocenters. The second-order valence-corrected chi connectivity index (χ2v) is 9.36. The molecule has 6 nitrogen and oxygen atoms in total. The minimum Gasteiger partial charge on any atom is -0.454 e. The summed E-state index contributed by atoms with van der Waals surface area (Å²) in [5.41, 5.74) is 3.69. The summed E-state index contributed by atoms with van der Waals surface area (Å²) in [4.78, 5) is 18.3. The van der Waals surface area contributed by atoms with Crippen molar-refractivity contribution in [3.05, 3.63) is 89.5 Å². The number of piperidine rings is 1. The molecule has 1 spiro atoms. The summed E-state index contributed by atoms with van der Waals surface area (Å²) >= 11 is 0. The summed E-state index contributed by atoms with van der Waals surface area (Å²) in [5, 5.41) is 3.78. The number of carbonyl (C=O) groups is 1. The number of ether oxygens (including phenoxy) is 2. The minimum absolute atomic E-state index is 0.0877.